The van der Waals surface area contributed by atoms with Gasteiger partial charge in [-0.05, 0) is 36.8 Å². The number of pyridine rings is 1. The van der Waals surface area contributed by atoms with E-state index in [0.29, 0.717) is 11.4 Å². The summed E-state index contributed by atoms with van der Waals surface area (Å²) in [5.41, 5.74) is 2.33. The Labute approximate surface area is 175 Å². The number of anilines is 1. The minimum Gasteiger partial charge on any atom is -0.479 e. The van der Waals surface area contributed by atoms with Gasteiger partial charge in [-0.25, -0.2) is 0 Å². The molecule has 0 spiro atoms. The molecule has 0 fully saturated rings. The number of fused-ring (bicyclic) bond motifs is 1. The van der Waals surface area contributed by atoms with Gasteiger partial charge in [0.1, 0.15) is 12.3 Å². The number of benzene rings is 2. The Hall–Kier alpha value is -3.67. The van der Waals surface area contributed by atoms with Gasteiger partial charge in [0.15, 0.2) is 6.10 Å². The SMILES string of the molecule is C[C@H]1Oc2ccccc2N(CC(=O)N(C)[C@H](c2ccccc2)c2ccccn2)C1=O. The number of rotatable bonds is 5. The standard InChI is InChI=1S/C24H23N3O3/c1-17-24(29)27(20-13-6-7-14-21(20)30-17)16-22(28)26(2)23(18-10-4-3-5-11-18)19-12-8-9-15-25-19/h3-15,17,23H,16H2,1-2H3/t17-,23-/m1/s1. The zero-order valence-corrected chi connectivity index (χ0v) is 16.9. The van der Waals surface area contributed by atoms with Crippen LogP contribution in [-0.4, -0.2) is 41.4 Å². The van der Waals surface area contributed by atoms with E-state index in [1.807, 2.05) is 60.7 Å². The Morgan fingerprint density at radius 3 is 2.50 bits per heavy atom. The summed E-state index contributed by atoms with van der Waals surface area (Å²) in [5, 5.41) is 0. The zero-order valence-electron chi connectivity index (χ0n) is 16.9. The van der Waals surface area contributed by atoms with E-state index in [1.165, 1.54) is 4.90 Å². The number of carbonyl (C=O) groups is 2. The van der Waals surface area contributed by atoms with Crippen LogP contribution in [0.1, 0.15) is 24.2 Å². The number of aromatic nitrogens is 1. The molecule has 0 bridgehead atoms. The lowest BCUT2D eigenvalue weighted by Crippen LogP contribution is -2.49. The molecule has 3 aromatic rings. The van der Waals surface area contributed by atoms with Crippen LogP contribution in [-0.2, 0) is 9.59 Å². The van der Waals surface area contributed by atoms with Crippen molar-refractivity contribution in [3.63, 3.8) is 0 Å². The van der Waals surface area contributed by atoms with Crippen LogP contribution in [0.3, 0.4) is 0 Å². The molecule has 6 heteroatoms. The maximum atomic E-state index is 13.3. The van der Waals surface area contributed by atoms with E-state index < -0.39 is 6.10 Å². The summed E-state index contributed by atoms with van der Waals surface area (Å²) in [6, 6.07) is 22.3. The highest BCUT2D eigenvalue weighted by Gasteiger charge is 2.34. The molecule has 0 saturated carbocycles. The maximum absolute atomic E-state index is 13.3. The van der Waals surface area contributed by atoms with E-state index in [2.05, 4.69) is 4.98 Å². The number of nitrogens with zero attached hydrogens (tertiary/aromatic N) is 3. The van der Waals surface area contributed by atoms with E-state index in [-0.39, 0.29) is 24.4 Å². The maximum Gasteiger partial charge on any atom is 0.268 e. The molecule has 2 heterocycles. The molecule has 0 unspecified atom stereocenters. The van der Waals surface area contributed by atoms with E-state index >= 15 is 0 Å². The second-order valence-electron chi connectivity index (χ2n) is 7.22. The molecule has 0 radical (unpaired) electrons. The van der Waals surface area contributed by atoms with Gasteiger partial charge in [-0.1, -0.05) is 48.5 Å². The second kappa shape index (κ2) is 8.37. The lowest BCUT2D eigenvalue weighted by molar-refractivity contribution is -0.133. The lowest BCUT2D eigenvalue weighted by Gasteiger charge is -2.35. The number of hydrogen-bond acceptors (Lipinski definition) is 4. The second-order valence-corrected chi connectivity index (χ2v) is 7.22. The van der Waals surface area contributed by atoms with Gasteiger partial charge >= 0.3 is 0 Å². The van der Waals surface area contributed by atoms with Crippen molar-refractivity contribution in [2.24, 2.45) is 0 Å². The fraction of sp³-hybridized carbons (Fsp3) is 0.208. The number of amides is 2. The first-order chi connectivity index (χ1) is 14.6. The third-order valence-corrected chi connectivity index (χ3v) is 5.23. The van der Waals surface area contributed by atoms with Crippen LogP contribution in [0, 0.1) is 0 Å². The Balaban J connectivity index is 1.64. The van der Waals surface area contributed by atoms with Gasteiger partial charge < -0.3 is 9.64 Å². The fourth-order valence-electron chi connectivity index (χ4n) is 3.68. The van der Waals surface area contributed by atoms with E-state index in [0.717, 1.165) is 11.3 Å². The van der Waals surface area contributed by atoms with Gasteiger partial charge in [-0.3, -0.25) is 19.5 Å². The van der Waals surface area contributed by atoms with Crippen molar-refractivity contribution in [2.45, 2.75) is 19.1 Å². The van der Waals surface area contributed by atoms with Crippen molar-refractivity contribution in [1.29, 1.82) is 0 Å². The van der Waals surface area contributed by atoms with Gasteiger partial charge in [-0.2, -0.15) is 0 Å². The van der Waals surface area contributed by atoms with Gasteiger partial charge in [0, 0.05) is 13.2 Å². The molecule has 0 saturated heterocycles. The molecule has 0 aliphatic carbocycles. The molecule has 4 rings (SSSR count). The van der Waals surface area contributed by atoms with Crippen molar-refractivity contribution in [2.75, 3.05) is 18.5 Å². The average Bonchev–Trinajstić information content (AvgIpc) is 2.78. The number of carbonyl (C=O) groups excluding carboxylic acids is 2. The Morgan fingerprint density at radius 1 is 1.07 bits per heavy atom. The molecule has 1 aliphatic rings. The Morgan fingerprint density at radius 2 is 1.77 bits per heavy atom. The smallest absolute Gasteiger partial charge is 0.268 e. The number of ether oxygens (including phenoxy) is 1. The Kier molecular flexibility index (Phi) is 5.48. The first-order valence-electron chi connectivity index (χ1n) is 9.85. The minimum absolute atomic E-state index is 0.0732. The van der Waals surface area contributed by atoms with Crippen LogP contribution in [0.4, 0.5) is 5.69 Å². The van der Waals surface area contributed by atoms with Crippen LogP contribution in [0.15, 0.2) is 79.0 Å². The summed E-state index contributed by atoms with van der Waals surface area (Å²) in [5.74, 6) is 0.181. The van der Waals surface area contributed by atoms with Crippen LogP contribution < -0.4 is 9.64 Å². The molecule has 2 amide bonds. The monoisotopic (exact) mass is 401 g/mol. The molecule has 152 valence electrons. The zero-order chi connectivity index (χ0) is 21.1. The molecule has 2 atom stereocenters. The van der Waals surface area contributed by atoms with Crippen molar-refractivity contribution < 1.29 is 14.3 Å². The largest absolute Gasteiger partial charge is 0.479 e. The van der Waals surface area contributed by atoms with E-state index in [1.54, 1.807) is 37.2 Å². The van der Waals surface area contributed by atoms with Crippen LogP contribution >= 0.6 is 0 Å². The predicted octanol–water partition coefficient (Wildman–Crippen LogP) is 3.44. The molecule has 0 N–H and O–H groups in total. The average molecular weight is 401 g/mol. The minimum atomic E-state index is -0.640. The molecular weight excluding hydrogens is 378 g/mol. The van der Waals surface area contributed by atoms with E-state index in [4.69, 9.17) is 4.74 Å². The molecular formula is C24H23N3O3. The topological polar surface area (TPSA) is 62.7 Å². The first kappa shape index (κ1) is 19.6. The van der Waals surface area contributed by atoms with Crippen molar-refractivity contribution in [3.05, 3.63) is 90.3 Å². The van der Waals surface area contributed by atoms with Crippen molar-refractivity contribution in [3.8, 4) is 5.75 Å². The van der Waals surface area contributed by atoms with Crippen LogP contribution in [0.5, 0.6) is 5.75 Å². The summed E-state index contributed by atoms with van der Waals surface area (Å²) in [6.07, 6.45) is 1.08. The van der Waals surface area contributed by atoms with Crippen molar-refractivity contribution >= 4 is 17.5 Å². The van der Waals surface area contributed by atoms with Gasteiger partial charge in [0.2, 0.25) is 5.91 Å². The highest BCUT2D eigenvalue weighted by molar-refractivity contribution is 6.03. The molecule has 6 nitrogen and oxygen atoms in total. The summed E-state index contributed by atoms with van der Waals surface area (Å²) in [6.45, 7) is 1.62. The van der Waals surface area contributed by atoms with Crippen molar-refractivity contribution in [1.82, 2.24) is 9.88 Å². The molecule has 1 aliphatic heterocycles. The lowest BCUT2D eigenvalue weighted by atomic mass is 10.0. The molecule has 30 heavy (non-hydrogen) atoms. The normalized spacial score (nSPS) is 16.4. The number of hydrogen-bond donors (Lipinski definition) is 0. The number of para-hydroxylation sites is 2. The third kappa shape index (κ3) is 3.76. The molecule has 1 aromatic heterocycles. The Bertz CT molecular complexity index is 1000. The van der Waals surface area contributed by atoms with E-state index in [9.17, 15) is 9.59 Å². The predicted molar refractivity (Wildman–Crippen MR) is 114 cm³/mol. The summed E-state index contributed by atoms with van der Waals surface area (Å²) >= 11 is 0. The van der Waals surface area contributed by atoms with Gasteiger partial charge in [0.05, 0.1) is 17.4 Å². The summed E-state index contributed by atoms with van der Waals surface area (Å²) in [7, 11) is 1.74. The summed E-state index contributed by atoms with van der Waals surface area (Å²) in [4.78, 5) is 33.7. The number of likely N-dealkylation sites (N-methyl/N-ethyl adjacent to an activating group) is 1. The highest BCUT2D eigenvalue weighted by Crippen LogP contribution is 2.34. The first-order valence-corrected chi connectivity index (χ1v) is 9.85. The quantitative estimate of drug-likeness (QED) is 0.657. The fourth-order valence-corrected chi connectivity index (χ4v) is 3.68. The van der Waals surface area contributed by atoms with Crippen LogP contribution in [0.25, 0.3) is 0 Å². The summed E-state index contributed by atoms with van der Waals surface area (Å²) < 4.78 is 5.68. The van der Waals surface area contributed by atoms with Gasteiger partial charge in [0.25, 0.3) is 5.91 Å². The molecule has 2 aromatic carbocycles. The third-order valence-electron chi connectivity index (χ3n) is 5.23. The van der Waals surface area contributed by atoms with Crippen LogP contribution in [0.2, 0.25) is 0 Å². The highest BCUT2D eigenvalue weighted by atomic mass is 16.5. The van der Waals surface area contributed by atoms with Gasteiger partial charge in [-0.15, -0.1) is 0 Å².